The first kappa shape index (κ1) is 18.1. The molecule has 2 amide bonds. The molecule has 26 heavy (non-hydrogen) atoms. The minimum atomic E-state index is -0.161. The fraction of sp³-hybridized carbons (Fsp3) is 0.333. The zero-order valence-corrected chi connectivity index (χ0v) is 15.5. The molecule has 8 heteroatoms. The van der Waals surface area contributed by atoms with Gasteiger partial charge in [0, 0.05) is 43.0 Å². The number of aromatic nitrogens is 2. The van der Waals surface area contributed by atoms with Crippen molar-refractivity contribution in [3.8, 4) is 0 Å². The van der Waals surface area contributed by atoms with Crippen LogP contribution in [0.3, 0.4) is 0 Å². The summed E-state index contributed by atoms with van der Waals surface area (Å²) in [6.45, 7) is 5.74. The third-order valence-corrected chi connectivity index (χ3v) is 4.66. The molecule has 1 aromatic carbocycles. The highest BCUT2D eigenvalue weighted by Gasteiger charge is 2.23. The van der Waals surface area contributed by atoms with E-state index >= 15 is 0 Å². The standard InChI is InChI=1S/C18H20ClN5O2/c1-12-3-4-14(9-15(12)19)22-17-10-16(20-13(2)21-17)18(26)24-7-5-23(11-25)6-8-24/h3-4,9-11H,5-8H2,1-2H3,(H,20,21,22). The maximum absolute atomic E-state index is 12.7. The van der Waals surface area contributed by atoms with Gasteiger partial charge >= 0.3 is 0 Å². The first-order chi connectivity index (χ1) is 12.5. The Morgan fingerprint density at radius 2 is 1.88 bits per heavy atom. The van der Waals surface area contributed by atoms with Gasteiger partial charge in [-0.25, -0.2) is 9.97 Å². The van der Waals surface area contributed by atoms with E-state index in [2.05, 4.69) is 15.3 Å². The summed E-state index contributed by atoms with van der Waals surface area (Å²) >= 11 is 6.16. The quantitative estimate of drug-likeness (QED) is 0.832. The molecular formula is C18H20ClN5O2. The van der Waals surface area contributed by atoms with Gasteiger partial charge in [0.05, 0.1) is 0 Å². The number of nitrogens with one attached hydrogen (secondary N) is 1. The van der Waals surface area contributed by atoms with Crippen molar-refractivity contribution in [2.45, 2.75) is 13.8 Å². The van der Waals surface area contributed by atoms with E-state index in [-0.39, 0.29) is 5.91 Å². The number of anilines is 2. The first-order valence-electron chi connectivity index (χ1n) is 8.34. The second-order valence-corrected chi connectivity index (χ2v) is 6.62. The Kier molecular flexibility index (Phi) is 5.37. The normalized spacial score (nSPS) is 14.3. The number of rotatable bonds is 4. The van der Waals surface area contributed by atoms with Crippen molar-refractivity contribution in [2.75, 3.05) is 31.5 Å². The molecule has 136 valence electrons. The Labute approximate surface area is 157 Å². The Balaban J connectivity index is 1.77. The van der Waals surface area contributed by atoms with E-state index in [4.69, 9.17) is 11.6 Å². The molecule has 1 N–H and O–H groups in total. The van der Waals surface area contributed by atoms with Crippen LogP contribution in [0, 0.1) is 13.8 Å². The SMILES string of the molecule is Cc1nc(Nc2ccc(C)c(Cl)c2)cc(C(=O)N2CCN(C=O)CC2)n1. The second-order valence-electron chi connectivity index (χ2n) is 6.21. The van der Waals surface area contributed by atoms with Crippen LogP contribution in [0.5, 0.6) is 0 Å². The average Bonchev–Trinajstić information content (AvgIpc) is 2.64. The van der Waals surface area contributed by atoms with Gasteiger partial charge in [-0.2, -0.15) is 0 Å². The topological polar surface area (TPSA) is 78.4 Å². The summed E-state index contributed by atoms with van der Waals surface area (Å²) in [6, 6.07) is 7.26. The fourth-order valence-corrected chi connectivity index (χ4v) is 2.93. The summed E-state index contributed by atoms with van der Waals surface area (Å²) in [4.78, 5) is 35.5. The van der Waals surface area contributed by atoms with Crippen LogP contribution in [-0.2, 0) is 4.79 Å². The summed E-state index contributed by atoms with van der Waals surface area (Å²) in [5.41, 5.74) is 2.11. The van der Waals surface area contributed by atoms with Gasteiger partial charge in [-0.1, -0.05) is 17.7 Å². The number of hydrogen-bond acceptors (Lipinski definition) is 5. The number of aryl methyl sites for hydroxylation is 2. The van der Waals surface area contributed by atoms with Gasteiger partial charge in [-0.3, -0.25) is 9.59 Å². The van der Waals surface area contributed by atoms with Crippen LogP contribution in [0.1, 0.15) is 21.9 Å². The highest BCUT2D eigenvalue weighted by Crippen LogP contribution is 2.23. The molecule has 1 aromatic heterocycles. The lowest BCUT2D eigenvalue weighted by Crippen LogP contribution is -2.48. The molecule has 3 rings (SSSR count). The highest BCUT2D eigenvalue weighted by molar-refractivity contribution is 6.31. The van der Waals surface area contributed by atoms with Crippen LogP contribution in [-0.4, -0.2) is 58.3 Å². The van der Waals surface area contributed by atoms with Crippen molar-refractivity contribution in [3.63, 3.8) is 0 Å². The molecule has 0 spiro atoms. The van der Waals surface area contributed by atoms with Crippen LogP contribution in [0.4, 0.5) is 11.5 Å². The zero-order valence-electron chi connectivity index (χ0n) is 14.7. The number of piperazine rings is 1. The van der Waals surface area contributed by atoms with E-state index in [1.165, 1.54) is 0 Å². The van der Waals surface area contributed by atoms with Crippen LogP contribution >= 0.6 is 11.6 Å². The summed E-state index contributed by atoms with van der Waals surface area (Å²) in [5.74, 6) is 0.876. The highest BCUT2D eigenvalue weighted by atomic mass is 35.5. The van der Waals surface area contributed by atoms with Crippen LogP contribution in [0.15, 0.2) is 24.3 Å². The molecule has 1 aliphatic rings. The average molecular weight is 374 g/mol. The second kappa shape index (κ2) is 7.70. The number of benzene rings is 1. The van der Waals surface area contributed by atoms with Crippen molar-refractivity contribution >= 4 is 35.4 Å². The number of halogens is 1. The predicted octanol–water partition coefficient (Wildman–Crippen LogP) is 2.40. The molecule has 0 unspecified atom stereocenters. The van der Waals surface area contributed by atoms with E-state index < -0.39 is 0 Å². The lowest BCUT2D eigenvalue weighted by atomic mass is 10.2. The van der Waals surface area contributed by atoms with Crippen LogP contribution < -0.4 is 5.32 Å². The van der Waals surface area contributed by atoms with Gasteiger partial charge in [0.1, 0.15) is 17.3 Å². The smallest absolute Gasteiger partial charge is 0.272 e. The van der Waals surface area contributed by atoms with Crippen LogP contribution in [0.2, 0.25) is 5.02 Å². The Morgan fingerprint density at radius 1 is 1.15 bits per heavy atom. The molecule has 1 saturated heterocycles. The van der Waals surface area contributed by atoms with Gasteiger partial charge < -0.3 is 15.1 Å². The molecule has 7 nitrogen and oxygen atoms in total. The third kappa shape index (κ3) is 4.11. The molecule has 0 radical (unpaired) electrons. The van der Waals surface area contributed by atoms with Gasteiger partial charge in [0.2, 0.25) is 6.41 Å². The van der Waals surface area contributed by atoms with Crippen molar-refractivity contribution in [3.05, 3.63) is 46.4 Å². The van der Waals surface area contributed by atoms with Crippen molar-refractivity contribution in [1.82, 2.24) is 19.8 Å². The molecule has 1 aliphatic heterocycles. The minimum absolute atomic E-state index is 0.161. The number of nitrogens with zero attached hydrogens (tertiary/aromatic N) is 4. The Morgan fingerprint density at radius 3 is 2.54 bits per heavy atom. The Hall–Kier alpha value is -2.67. The summed E-state index contributed by atoms with van der Waals surface area (Å²) < 4.78 is 0. The first-order valence-corrected chi connectivity index (χ1v) is 8.71. The monoisotopic (exact) mass is 373 g/mol. The molecule has 0 atom stereocenters. The van der Waals surface area contributed by atoms with Gasteiger partial charge in [-0.15, -0.1) is 0 Å². The minimum Gasteiger partial charge on any atom is -0.342 e. The van der Waals surface area contributed by atoms with E-state index in [0.717, 1.165) is 17.7 Å². The lowest BCUT2D eigenvalue weighted by Gasteiger charge is -2.32. The van der Waals surface area contributed by atoms with E-state index in [1.54, 1.807) is 22.8 Å². The van der Waals surface area contributed by atoms with Gasteiger partial charge in [0.25, 0.3) is 5.91 Å². The molecule has 0 aliphatic carbocycles. The lowest BCUT2D eigenvalue weighted by molar-refractivity contribution is -0.119. The number of carbonyl (C=O) groups is 2. The number of carbonyl (C=O) groups excluding carboxylic acids is 2. The molecular weight excluding hydrogens is 354 g/mol. The summed E-state index contributed by atoms with van der Waals surface area (Å²) in [6.07, 6.45) is 0.811. The van der Waals surface area contributed by atoms with Crippen molar-refractivity contribution in [2.24, 2.45) is 0 Å². The molecule has 2 aromatic rings. The molecule has 0 saturated carbocycles. The third-order valence-electron chi connectivity index (χ3n) is 4.25. The van der Waals surface area contributed by atoms with Gasteiger partial charge in [0.15, 0.2) is 0 Å². The number of amides is 2. The fourth-order valence-electron chi connectivity index (χ4n) is 2.75. The van der Waals surface area contributed by atoms with Crippen LogP contribution in [0.25, 0.3) is 0 Å². The maximum Gasteiger partial charge on any atom is 0.272 e. The van der Waals surface area contributed by atoms with Gasteiger partial charge in [-0.05, 0) is 31.5 Å². The van der Waals surface area contributed by atoms with E-state index in [9.17, 15) is 9.59 Å². The molecule has 2 heterocycles. The van der Waals surface area contributed by atoms with E-state index in [1.807, 2.05) is 25.1 Å². The zero-order chi connectivity index (χ0) is 18.7. The number of hydrogen-bond donors (Lipinski definition) is 1. The molecule has 0 bridgehead atoms. The summed E-state index contributed by atoms with van der Waals surface area (Å²) in [5, 5.41) is 3.82. The molecule has 1 fully saturated rings. The Bertz CT molecular complexity index is 834. The van der Waals surface area contributed by atoms with E-state index in [0.29, 0.717) is 48.5 Å². The maximum atomic E-state index is 12.7. The van der Waals surface area contributed by atoms with Crippen molar-refractivity contribution < 1.29 is 9.59 Å². The largest absolute Gasteiger partial charge is 0.342 e. The van der Waals surface area contributed by atoms with Crippen molar-refractivity contribution in [1.29, 1.82) is 0 Å². The summed E-state index contributed by atoms with van der Waals surface area (Å²) in [7, 11) is 0. The predicted molar refractivity (Wildman–Crippen MR) is 99.8 cm³/mol.